The van der Waals surface area contributed by atoms with Crippen molar-refractivity contribution in [2.45, 2.75) is 31.8 Å². The third-order valence-corrected chi connectivity index (χ3v) is 6.05. The standard InChI is InChI=1S/C24H24FN5O2/c25-19-3-1-15(2-4-19)21-6-5-20(26)23(28-21)29-24(31)30-13-17-11-22(27-12-18(17)14-30)16-7-9-32-10-8-16/h1-6,11-12,16H,7-10,13-14,26H2,(H,28,29,31). The molecule has 0 radical (unpaired) electrons. The number of hydrogen-bond acceptors (Lipinski definition) is 5. The second-order valence-corrected chi connectivity index (χ2v) is 8.19. The monoisotopic (exact) mass is 433 g/mol. The van der Waals surface area contributed by atoms with Gasteiger partial charge in [0.05, 0.1) is 11.4 Å². The van der Waals surface area contributed by atoms with Gasteiger partial charge in [0, 0.05) is 49.7 Å². The molecule has 0 saturated carbocycles. The molecule has 5 rings (SSSR count). The van der Waals surface area contributed by atoms with Crippen LogP contribution in [0.2, 0.25) is 0 Å². The van der Waals surface area contributed by atoms with Crippen LogP contribution in [0.3, 0.4) is 0 Å². The third-order valence-electron chi connectivity index (χ3n) is 6.05. The molecule has 1 aromatic carbocycles. The summed E-state index contributed by atoms with van der Waals surface area (Å²) in [5.74, 6) is 0.379. The van der Waals surface area contributed by atoms with E-state index in [1.54, 1.807) is 29.2 Å². The summed E-state index contributed by atoms with van der Waals surface area (Å²) in [6.07, 6.45) is 3.84. The molecule has 32 heavy (non-hydrogen) atoms. The highest BCUT2D eigenvalue weighted by Gasteiger charge is 2.26. The van der Waals surface area contributed by atoms with Gasteiger partial charge in [0.1, 0.15) is 5.82 Å². The van der Waals surface area contributed by atoms with Gasteiger partial charge in [0.25, 0.3) is 0 Å². The normalized spacial score (nSPS) is 16.1. The Morgan fingerprint density at radius 2 is 1.84 bits per heavy atom. The summed E-state index contributed by atoms with van der Waals surface area (Å²) >= 11 is 0. The van der Waals surface area contributed by atoms with Gasteiger partial charge in [0.2, 0.25) is 0 Å². The minimum Gasteiger partial charge on any atom is -0.396 e. The highest BCUT2D eigenvalue weighted by atomic mass is 19.1. The molecule has 3 N–H and O–H groups in total. The molecule has 4 heterocycles. The second kappa shape index (κ2) is 8.55. The van der Waals surface area contributed by atoms with Gasteiger partial charge in [-0.05, 0) is 66.4 Å². The van der Waals surface area contributed by atoms with Crippen LogP contribution in [0.4, 0.5) is 20.7 Å². The van der Waals surface area contributed by atoms with Gasteiger partial charge in [-0.2, -0.15) is 0 Å². The lowest BCUT2D eigenvalue weighted by atomic mass is 9.94. The number of nitrogen functional groups attached to an aromatic ring is 1. The Hall–Kier alpha value is -3.52. The first kappa shape index (κ1) is 20.4. The van der Waals surface area contributed by atoms with Crippen LogP contribution in [-0.4, -0.2) is 34.1 Å². The maximum Gasteiger partial charge on any atom is 0.323 e. The number of carbonyl (C=O) groups excluding carboxylic acids is 1. The highest BCUT2D eigenvalue weighted by molar-refractivity contribution is 5.92. The Morgan fingerprint density at radius 1 is 1.09 bits per heavy atom. The summed E-state index contributed by atoms with van der Waals surface area (Å²) in [5, 5.41) is 2.83. The summed E-state index contributed by atoms with van der Waals surface area (Å²) < 4.78 is 18.7. The number of pyridine rings is 2. The van der Waals surface area contributed by atoms with Crippen molar-refractivity contribution in [3.05, 3.63) is 71.3 Å². The zero-order valence-electron chi connectivity index (χ0n) is 17.6. The van der Waals surface area contributed by atoms with Crippen LogP contribution in [0.1, 0.15) is 35.6 Å². The number of hydrogen-bond donors (Lipinski definition) is 2. The Bertz CT molecular complexity index is 1150. The van der Waals surface area contributed by atoms with Crippen molar-refractivity contribution in [3.8, 4) is 11.3 Å². The van der Waals surface area contributed by atoms with E-state index in [1.807, 2.05) is 6.20 Å². The van der Waals surface area contributed by atoms with E-state index in [2.05, 4.69) is 21.4 Å². The number of nitrogens with one attached hydrogen (secondary N) is 1. The zero-order chi connectivity index (χ0) is 22.1. The molecule has 2 amide bonds. The van der Waals surface area contributed by atoms with Crippen LogP contribution in [0, 0.1) is 5.82 Å². The van der Waals surface area contributed by atoms with E-state index in [4.69, 9.17) is 10.5 Å². The first-order valence-corrected chi connectivity index (χ1v) is 10.7. The predicted molar refractivity (Wildman–Crippen MR) is 119 cm³/mol. The van der Waals surface area contributed by atoms with Gasteiger partial charge >= 0.3 is 6.03 Å². The summed E-state index contributed by atoms with van der Waals surface area (Å²) in [5.41, 5.74) is 11.0. The second-order valence-electron chi connectivity index (χ2n) is 8.19. The minimum absolute atomic E-state index is 0.274. The van der Waals surface area contributed by atoms with Crippen LogP contribution in [0.15, 0.2) is 48.7 Å². The number of halogens is 1. The minimum atomic E-state index is -0.319. The molecule has 164 valence electrons. The maximum atomic E-state index is 13.2. The molecule has 0 unspecified atom stereocenters. The third kappa shape index (κ3) is 4.13. The van der Waals surface area contributed by atoms with E-state index in [9.17, 15) is 9.18 Å². The molecule has 0 spiro atoms. The van der Waals surface area contributed by atoms with Crippen LogP contribution < -0.4 is 11.1 Å². The Morgan fingerprint density at radius 3 is 2.62 bits per heavy atom. The topological polar surface area (TPSA) is 93.4 Å². The van der Waals surface area contributed by atoms with Gasteiger partial charge in [-0.1, -0.05) is 0 Å². The van der Waals surface area contributed by atoms with Crippen LogP contribution in [-0.2, 0) is 17.8 Å². The largest absolute Gasteiger partial charge is 0.396 e. The fourth-order valence-corrected chi connectivity index (χ4v) is 4.19. The van der Waals surface area contributed by atoms with Crippen molar-refractivity contribution >= 4 is 17.5 Å². The molecular formula is C24H24FN5O2. The quantitative estimate of drug-likeness (QED) is 0.642. The van der Waals surface area contributed by atoms with Gasteiger partial charge < -0.3 is 15.4 Å². The molecule has 0 atom stereocenters. The smallest absolute Gasteiger partial charge is 0.323 e. The number of rotatable bonds is 3. The number of carbonyl (C=O) groups is 1. The van der Waals surface area contributed by atoms with E-state index in [1.165, 1.54) is 12.1 Å². The van der Waals surface area contributed by atoms with Crippen molar-refractivity contribution in [2.24, 2.45) is 0 Å². The molecule has 2 aliphatic rings. The molecule has 7 nitrogen and oxygen atoms in total. The van der Waals surface area contributed by atoms with E-state index < -0.39 is 0 Å². The maximum absolute atomic E-state index is 13.2. The molecule has 8 heteroatoms. The van der Waals surface area contributed by atoms with Crippen LogP contribution >= 0.6 is 0 Å². The lowest BCUT2D eigenvalue weighted by Crippen LogP contribution is -2.30. The van der Waals surface area contributed by atoms with Gasteiger partial charge in [0.15, 0.2) is 5.82 Å². The van der Waals surface area contributed by atoms with Gasteiger partial charge in [-0.15, -0.1) is 0 Å². The number of amides is 2. The summed E-state index contributed by atoms with van der Waals surface area (Å²) in [4.78, 5) is 23.8. The molecule has 1 fully saturated rings. The van der Waals surface area contributed by atoms with Crippen molar-refractivity contribution in [3.63, 3.8) is 0 Å². The fourth-order valence-electron chi connectivity index (χ4n) is 4.19. The van der Waals surface area contributed by atoms with E-state index in [-0.39, 0.29) is 17.7 Å². The van der Waals surface area contributed by atoms with Crippen LogP contribution in [0.5, 0.6) is 0 Å². The van der Waals surface area contributed by atoms with Crippen molar-refractivity contribution in [2.75, 3.05) is 24.3 Å². The molecular weight excluding hydrogens is 409 g/mol. The van der Waals surface area contributed by atoms with Gasteiger partial charge in [-0.3, -0.25) is 10.3 Å². The number of aromatic nitrogens is 2. The number of urea groups is 1. The predicted octanol–water partition coefficient (Wildman–Crippen LogP) is 4.31. The Kier molecular flexibility index (Phi) is 5.45. The number of nitrogens with zero attached hydrogens (tertiary/aromatic N) is 3. The number of benzene rings is 1. The summed E-state index contributed by atoms with van der Waals surface area (Å²) in [6, 6.07) is 11.3. The average molecular weight is 433 g/mol. The lowest BCUT2D eigenvalue weighted by molar-refractivity contribution is 0.0845. The highest BCUT2D eigenvalue weighted by Crippen LogP contribution is 2.30. The number of ether oxygens (including phenoxy) is 1. The molecule has 3 aromatic rings. The Labute approximate surface area is 185 Å². The molecule has 0 bridgehead atoms. The summed E-state index contributed by atoms with van der Waals surface area (Å²) in [7, 11) is 0. The molecule has 2 aliphatic heterocycles. The Balaban J connectivity index is 1.29. The zero-order valence-corrected chi connectivity index (χ0v) is 17.6. The summed E-state index contributed by atoms with van der Waals surface area (Å²) in [6.45, 7) is 2.53. The molecule has 1 saturated heterocycles. The van der Waals surface area contributed by atoms with Gasteiger partial charge in [-0.25, -0.2) is 14.2 Å². The van der Waals surface area contributed by atoms with Crippen molar-refractivity contribution < 1.29 is 13.9 Å². The van der Waals surface area contributed by atoms with E-state index in [0.29, 0.717) is 30.4 Å². The molecule has 2 aromatic heterocycles. The first-order chi connectivity index (χ1) is 15.6. The first-order valence-electron chi connectivity index (χ1n) is 10.7. The van der Waals surface area contributed by atoms with E-state index >= 15 is 0 Å². The van der Waals surface area contributed by atoms with Crippen molar-refractivity contribution in [1.29, 1.82) is 0 Å². The SMILES string of the molecule is Nc1ccc(-c2ccc(F)cc2)nc1NC(=O)N1Cc2cnc(C3CCOCC3)cc2C1. The average Bonchev–Trinajstić information content (AvgIpc) is 3.25. The lowest BCUT2D eigenvalue weighted by Gasteiger charge is -2.21. The van der Waals surface area contributed by atoms with E-state index in [0.717, 1.165) is 48.4 Å². The molecule has 0 aliphatic carbocycles. The number of nitrogens with two attached hydrogens (primary N) is 1. The number of anilines is 2. The number of fused-ring (bicyclic) bond motifs is 1. The van der Waals surface area contributed by atoms with Crippen LogP contribution in [0.25, 0.3) is 11.3 Å². The van der Waals surface area contributed by atoms with Crippen molar-refractivity contribution in [1.82, 2.24) is 14.9 Å². The fraction of sp³-hybridized carbons (Fsp3) is 0.292.